The normalized spacial score (nSPS) is 11.3. The molecule has 0 aliphatic carbocycles. The summed E-state index contributed by atoms with van der Waals surface area (Å²) < 4.78 is 12.7. The van der Waals surface area contributed by atoms with Crippen molar-refractivity contribution in [2.45, 2.75) is 19.9 Å². The number of rotatable bonds is 8. The quantitative estimate of drug-likeness (QED) is 0.444. The van der Waals surface area contributed by atoms with E-state index in [9.17, 15) is 0 Å². The zero-order valence-electron chi connectivity index (χ0n) is 18.8. The Kier molecular flexibility index (Phi) is 7.48. The number of likely N-dealkylation sites (N-methyl/N-ethyl adjacent to an activating group) is 1. The number of aliphatic imine (C=N–C) groups is 1. The fourth-order valence-electron chi connectivity index (χ4n) is 3.29. The molecule has 8 nitrogen and oxygen atoms in total. The van der Waals surface area contributed by atoms with Gasteiger partial charge in [0.15, 0.2) is 17.5 Å². The first-order valence-electron chi connectivity index (χ1n) is 10.1. The minimum Gasteiger partial charge on any atom is -0.493 e. The van der Waals surface area contributed by atoms with Crippen molar-refractivity contribution < 1.29 is 9.47 Å². The summed E-state index contributed by atoms with van der Waals surface area (Å²) in [6.45, 7) is 3.41. The Morgan fingerprint density at radius 3 is 2.48 bits per heavy atom. The minimum atomic E-state index is 0.642. The number of benzene rings is 1. The molecule has 0 fully saturated rings. The van der Waals surface area contributed by atoms with Crippen LogP contribution >= 0.6 is 0 Å². The Morgan fingerprint density at radius 2 is 1.87 bits per heavy atom. The van der Waals surface area contributed by atoms with Gasteiger partial charge in [0, 0.05) is 45.8 Å². The van der Waals surface area contributed by atoms with E-state index in [4.69, 9.17) is 9.47 Å². The first-order chi connectivity index (χ1) is 15.0. The van der Waals surface area contributed by atoms with Gasteiger partial charge < -0.3 is 19.7 Å². The average Bonchev–Trinajstić information content (AvgIpc) is 3.24. The largest absolute Gasteiger partial charge is 0.493 e. The van der Waals surface area contributed by atoms with E-state index in [1.807, 2.05) is 49.1 Å². The predicted octanol–water partition coefficient (Wildman–Crippen LogP) is 2.84. The van der Waals surface area contributed by atoms with Crippen molar-refractivity contribution in [3.63, 3.8) is 0 Å². The zero-order valence-corrected chi connectivity index (χ0v) is 18.8. The molecule has 0 saturated heterocycles. The van der Waals surface area contributed by atoms with Gasteiger partial charge in [0.2, 0.25) is 0 Å². The molecule has 2 heterocycles. The number of guanidine groups is 1. The molecule has 0 unspecified atom stereocenters. The van der Waals surface area contributed by atoms with Gasteiger partial charge in [-0.05, 0) is 42.7 Å². The van der Waals surface area contributed by atoms with E-state index in [0.717, 1.165) is 47.6 Å². The minimum absolute atomic E-state index is 0.642. The highest BCUT2D eigenvalue weighted by atomic mass is 16.5. The Labute approximate surface area is 183 Å². The molecule has 0 spiro atoms. The third kappa shape index (κ3) is 5.53. The van der Waals surface area contributed by atoms with Crippen LogP contribution in [0.2, 0.25) is 0 Å². The van der Waals surface area contributed by atoms with E-state index in [0.29, 0.717) is 6.54 Å². The number of ether oxygens (including phenoxy) is 2. The van der Waals surface area contributed by atoms with Crippen molar-refractivity contribution in [2.75, 3.05) is 34.9 Å². The van der Waals surface area contributed by atoms with Gasteiger partial charge in [-0.15, -0.1) is 0 Å². The third-order valence-electron chi connectivity index (χ3n) is 5.09. The highest BCUT2D eigenvalue weighted by Crippen LogP contribution is 2.27. The first kappa shape index (κ1) is 22.1. The summed E-state index contributed by atoms with van der Waals surface area (Å²) in [5.74, 6) is 4.08. The lowest BCUT2D eigenvalue weighted by atomic mass is 10.1. The summed E-state index contributed by atoms with van der Waals surface area (Å²) in [6, 6.07) is 10.1. The average molecular weight is 423 g/mol. The summed E-state index contributed by atoms with van der Waals surface area (Å²) in [5, 5.41) is 3.40. The summed E-state index contributed by atoms with van der Waals surface area (Å²) in [7, 11) is 7.11. The molecule has 0 aliphatic rings. The van der Waals surface area contributed by atoms with Crippen LogP contribution in [0.5, 0.6) is 11.5 Å². The van der Waals surface area contributed by atoms with Crippen LogP contribution in [0, 0.1) is 6.92 Å². The SMILES string of the molecule is CN=C(NCc1ccc(-n2ccnc2C)nc1)N(C)CCc1ccc(OC)c(OC)c1. The van der Waals surface area contributed by atoms with Crippen molar-refractivity contribution >= 4 is 5.96 Å². The molecule has 2 aromatic heterocycles. The van der Waals surface area contributed by atoms with Gasteiger partial charge in [-0.3, -0.25) is 9.56 Å². The number of hydrogen-bond donors (Lipinski definition) is 1. The van der Waals surface area contributed by atoms with Gasteiger partial charge in [0.1, 0.15) is 11.6 Å². The summed E-state index contributed by atoms with van der Waals surface area (Å²) in [4.78, 5) is 15.3. The summed E-state index contributed by atoms with van der Waals surface area (Å²) in [6.07, 6.45) is 6.41. The van der Waals surface area contributed by atoms with E-state index in [-0.39, 0.29) is 0 Å². The fourth-order valence-corrected chi connectivity index (χ4v) is 3.29. The predicted molar refractivity (Wildman–Crippen MR) is 122 cm³/mol. The highest BCUT2D eigenvalue weighted by molar-refractivity contribution is 5.79. The zero-order chi connectivity index (χ0) is 22.2. The molecule has 0 saturated carbocycles. The number of nitrogens with zero attached hydrogens (tertiary/aromatic N) is 5. The highest BCUT2D eigenvalue weighted by Gasteiger charge is 2.09. The van der Waals surface area contributed by atoms with Gasteiger partial charge >= 0.3 is 0 Å². The molecule has 1 aromatic carbocycles. The van der Waals surface area contributed by atoms with Crippen molar-refractivity contribution in [3.05, 3.63) is 65.9 Å². The standard InChI is InChI=1S/C23H30N6O2/c1-17-25-11-13-29(17)22-9-7-19(15-26-22)16-27-23(24-2)28(3)12-10-18-6-8-20(30-4)21(14-18)31-5/h6-9,11,13-15H,10,12,16H2,1-5H3,(H,24,27). The van der Waals surface area contributed by atoms with Crippen LogP contribution in [0.25, 0.3) is 5.82 Å². The molecule has 0 atom stereocenters. The molecule has 0 radical (unpaired) electrons. The third-order valence-corrected chi connectivity index (χ3v) is 5.09. The van der Waals surface area contributed by atoms with Gasteiger partial charge in [-0.1, -0.05) is 12.1 Å². The van der Waals surface area contributed by atoms with Crippen LogP contribution in [-0.2, 0) is 13.0 Å². The summed E-state index contributed by atoms with van der Waals surface area (Å²) >= 11 is 0. The lowest BCUT2D eigenvalue weighted by Gasteiger charge is -2.22. The van der Waals surface area contributed by atoms with Crippen LogP contribution < -0.4 is 14.8 Å². The van der Waals surface area contributed by atoms with Crippen LogP contribution in [0.4, 0.5) is 0 Å². The molecular weight excluding hydrogens is 392 g/mol. The Bertz CT molecular complexity index is 1010. The second-order valence-electron chi connectivity index (χ2n) is 7.13. The van der Waals surface area contributed by atoms with E-state index in [1.165, 1.54) is 5.56 Å². The molecular formula is C23H30N6O2. The maximum Gasteiger partial charge on any atom is 0.193 e. The Balaban J connectivity index is 1.54. The molecule has 31 heavy (non-hydrogen) atoms. The number of imidazole rings is 1. The maximum atomic E-state index is 5.39. The maximum absolute atomic E-state index is 5.39. The second-order valence-corrected chi connectivity index (χ2v) is 7.13. The lowest BCUT2D eigenvalue weighted by molar-refractivity contribution is 0.354. The van der Waals surface area contributed by atoms with E-state index in [1.54, 1.807) is 27.5 Å². The van der Waals surface area contributed by atoms with E-state index in [2.05, 4.69) is 37.3 Å². The molecule has 0 amide bonds. The van der Waals surface area contributed by atoms with Crippen LogP contribution in [0.1, 0.15) is 17.0 Å². The van der Waals surface area contributed by atoms with Gasteiger partial charge in [-0.25, -0.2) is 9.97 Å². The lowest BCUT2D eigenvalue weighted by Crippen LogP contribution is -2.39. The molecule has 8 heteroatoms. The second kappa shape index (κ2) is 10.5. The van der Waals surface area contributed by atoms with Gasteiger partial charge in [-0.2, -0.15) is 0 Å². The van der Waals surface area contributed by atoms with Gasteiger partial charge in [0.25, 0.3) is 0 Å². The Hall–Kier alpha value is -3.55. The smallest absolute Gasteiger partial charge is 0.193 e. The van der Waals surface area contributed by atoms with E-state index < -0.39 is 0 Å². The molecule has 3 aromatic rings. The van der Waals surface area contributed by atoms with Crippen LogP contribution in [0.3, 0.4) is 0 Å². The van der Waals surface area contributed by atoms with Crippen molar-refractivity contribution in [3.8, 4) is 17.3 Å². The number of pyridine rings is 1. The fraction of sp³-hybridized carbons (Fsp3) is 0.348. The van der Waals surface area contributed by atoms with Crippen molar-refractivity contribution in [1.82, 2.24) is 24.8 Å². The van der Waals surface area contributed by atoms with Crippen molar-refractivity contribution in [2.24, 2.45) is 4.99 Å². The monoisotopic (exact) mass is 422 g/mol. The molecule has 3 rings (SSSR count). The summed E-state index contributed by atoms with van der Waals surface area (Å²) in [5.41, 5.74) is 2.26. The molecule has 0 bridgehead atoms. The number of nitrogens with one attached hydrogen (secondary N) is 1. The van der Waals surface area contributed by atoms with Crippen LogP contribution in [-0.4, -0.2) is 60.3 Å². The Morgan fingerprint density at radius 1 is 1.10 bits per heavy atom. The number of aromatic nitrogens is 3. The number of aryl methyl sites for hydroxylation is 1. The van der Waals surface area contributed by atoms with Crippen molar-refractivity contribution in [1.29, 1.82) is 0 Å². The molecule has 1 N–H and O–H groups in total. The van der Waals surface area contributed by atoms with Gasteiger partial charge in [0.05, 0.1) is 14.2 Å². The van der Waals surface area contributed by atoms with Crippen LogP contribution in [0.15, 0.2) is 53.9 Å². The number of hydrogen-bond acceptors (Lipinski definition) is 5. The number of methoxy groups -OCH3 is 2. The molecule has 0 aliphatic heterocycles. The topological polar surface area (TPSA) is 76.8 Å². The molecule has 164 valence electrons. The van der Waals surface area contributed by atoms with E-state index >= 15 is 0 Å². The first-order valence-corrected chi connectivity index (χ1v) is 10.1.